The molecule has 0 bridgehead atoms. The average molecular weight is 719 g/mol. The van der Waals surface area contributed by atoms with E-state index in [1.165, 1.54) is 29.0 Å². The molecule has 262 valence electrons. The molecule has 0 saturated carbocycles. The quantitative estimate of drug-likeness (QED) is 0.205. The fourth-order valence-corrected chi connectivity index (χ4v) is 8.13. The maximum Gasteiger partial charge on any atom is 0.248 e. The molecule has 2 atom stereocenters. The Morgan fingerprint density at radius 2 is 1.84 bits per heavy atom. The molecular formula is C34H38N8O6S2. The van der Waals surface area contributed by atoms with E-state index in [-0.39, 0.29) is 53.1 Å². The number of fused-ring (bicyclic) bond motifs is 2. The van der Waals surface area contributed by atoms with E-state index >= 15 is 0 Å². The number of anilines is 1. The van der Waals surface area contributed by atoms with E-state index in [1.807, 2.05) is 58.0 Å². The highest BCUT2D eigenvalue weighted by Crippen LogP contribution is 2.36. The summed E-state index contributed by atoms with van der Waals surface area (Å²) >= 11 is 0. The molecule has 1 aliphatic rings. The van der Waals surface area contributed by atoms with Crippen LogP contribution in [-0.2, 0) is 37.7 Å². The van der Waals surface area contributed by atoms with Crippen molar-refractivity contribution in [1.29, 1.82) is 0 Å². The van der Waals surface area contributed by atoms with Crippen LogP contribution in [0, 0.1) is 13.8 Å². The molecule has 1 N–H and O–H groups in total. The van der Waals surface area contributed by atoms with E-state index in [2.05, 4.69) is 30.6 Å². The van der Waals surface area contributed by atoms with E-state index in [4.69, 9.17) is 4.74 Å². The topological polar surface area (TPSA) is 179 Å². The van der Waals surface area contributed by atoms with Gasteiger partial charge in [-0.2, -0.15) is 4.31 Å². The van der Waals surface area contributed by atoms with Gasteiger partial charge in [-0.05, 0) is 73.2 Å². The summed E-state index contributed by atoms with van der Waals surface area (Å²) in [4.78, 5) is 25.6. The normalized spacial score (nSPS) is 16.7. The fraction of sp³-hybridized carbons (Fsp3) is 0.353. The van der Waals surface area contributed by atoms with Gasteiger partial charge < -0.3 is 10.1 Å². The number of nitrogens with one attached hydrogen (secondary N) is 1. The molecule has 0 unspecified atom stereocenters. The molecule has 4 heterocycles. The number of carbonyl (C=O) groups excluding carboxylic acids is 1. The van der Waals surface area contributed by atoms with E-state index in [0.717, 1.165) is 45.1 Å². The van der Waals surface area contributed by atoms with Crippen molar-refractivity contribution in [2.24, 2.45) is 0 Å². The van der Waals surface area contributed by atoms with Crippen LogP contribution in [0.4, 0.5) is 5.69 Å². The van der Waals surface area contributed by atoms with Crippen LogP contribution in [0.1, 0.15) is 60.4 Å². The standard InChI is InChI=1S/C34H38N8O6S2/c1-6-26-20-41(50(46,47)30-9-8-14-35-33(30)48-26)19-24-15-23(11-10-21(24)3)28(27-12-13-29-32(22(27)4)39-40-42(29)7-2)16-31(43)38-25-17-36-34(37-18-25)49(5,44)45/h8-15,17-18,26,28H,6-7,16,19-20H2,1-5H3,(H,38,43)/t26-,28+/m1/s1. The lowest BCUT2D eigenvalue weighted by Crippen LogP contribution is -2.36. The van der Waals surface area contributed by atoms with Gasteiger partial charge in [0.25, 0.3) is 0 Å². The molecule has 1 amide bonds. The second kappa shape index (κ2) is 13.8. The third-order valence-electron chi connectivity index (χ3n) is 8.91. The molecule has 0 radical (unpaired) electrons. The summed E-state index contributed by atoms with van der Waals surface area (Å²) in [6.45, 7) is 8.68. The van der Waals surface area contributed by atoms with Crippen molar-refractivity contribution in [2.75, 3.05) is 18.1 Å². The third kappa shape index (κ3) is 6.95. The van der Waals surface area contributed by atoms with Gasteiger partial charge in [0.15, 0.2) is 0 Å². The van der Waals surface area contributed by atoms with Gasteiger partial charge in [0.1, 0.15) is 16.5 Å². The molecule has 2 aromatic carbocycles. The Labute approximate surface area is 290 Å². The number of sulfone groups is 1. The first-order valence-corrected chi connectivity index (χ1v) is 19.5. The second-order valence-corrected chi connectivity index (χ2v) is 16.1. The van der Waals surface area contributed by atoms with Crippen LogP contribution in [0.5, 0.6) is 5.88 Å². The highest BCUT2D eigenvalue weighted by molar-refractivity contribution is 7.90. The molecule has 0 saturated heterocycles. The second-order valence-electron chi connectivity index (χ2n) is 12.3. The molecule has 0 spiro atoms. The summed E-state index contributed by atoms with van der Waals surface area (Å²) in [5.74, 6) is -0.730. The highest BCUT2D eigenvalue weighted by Gasteiger charge is 2.35. The zero-order chi connectivity index (χ0) is 35.8. The van der Waals surface area contributed by atoms with Crippen LogP contribution >= 0.6 is 0 Å². The molecule has 5 aromatic rings. The first-order chi connectivity index (χ1) is 23.8. The van der Waals surface area contributed by atoms with E-state index in [0.29, 0.717) is 13.0 Å². The van der Waals surface area contributed by atoms with Gasteiger partial charge >= 0.3 is 0 Å². The predicted octanol–water partition coefficient (Wildman–Crippen LogP) is 4.18. The van der Waals surface area contributed by atoms with Gasteiger partial charge in [-0.1, -0.05) is 36.4 Å². The Morgan fingerprint density at radius 3 is 2.54 bits per heavy atom. The summed E-state index contributed by atoms with van der Waals surface area (Å²) < 4.78 is 60.7. The average Bonchev–Trinajstić information content (AvgIpc) is 3.47. The van der Waals surface area contributed by atoms with Gasteiger partial charge in [-0.25, -0.2) is 36.5 Å². The minimum absolute atomic E-state index is 0.00258. The Balaban J connectivity index is 1.38. The molecule has 50 heavy (non-hydrogen) atoms. The largest absolute Gasteiger partial charge is 0.472 e. The maximum atomic E-state index is 13.9. The fourth-order valence-electron chi connectivity index (χ4n) is 6.12. The summed E-state index contributed by atoms with van der Waals surface area (Å²) in [6.07, 6.45) is 5.23. The van der Waals surface area contributed by atoms with Gasteiger partial charge in [0, 0.05) is 37.9 Å². The molecule has 1 aliphatic heterocycles. The number of pyridine rings is 1. The number of amides is 1. The number of aromatic nitrogens is 6. The number of nitrogens with zero attached hydrogens (tertiary/aromatic N) is 7. The summed E-state index contributed by atoms with van der Waals surface area (Å²) in [5, 5.41) is 11.2. The number of rotatable bonds is 10. The van der Waals surface area contributed by atoms with Crippen molar-refractivity contribution >= 4 is 42.5 Å². The molecule has 6 rings (SSSR count). The summed E-state index contributed by atoms with van der Waals surface area (Å²) in [6, 6.07) is 12.8. The number of aryl methyl sites for hydroxylation is 3. The summed E-state index contributed by atoms with van der Waals surface area (Å²) in [5.41, 5.74) is 6.03. The molecular weight excluding hydrogens is 681 g/mol. The smallest absolute Gasteiger partial charge is 0.248 e. The van der Waals surface area contributed by atoms with Gasteiger partial charge in [-0.15, -0.1) is 5.10 Å². The van der Waals surface area contributed by atoms with Crippen molar-refractivity contribution in [1.82, 2.24) is 34.3 Å². The molecule has 0 aliphatic carbocycles. The Morgan fingerprint density at radius 1 is 1.08 bits per heavy atom. The lowest BCUT2D eigenvalue weighted by molar-refractivity contribution is -0.116. The van der Waals surface area contributed by atoms with Crippen molar-refractivity contribution in [3.8, 4) is 5.88 Å². The lowest BCUT2D eigenvalue weighted by atomic mass is 9.84. The van der Waals surface area contributed by atoms with Gasteiger partial charge in [-0.3, -0.25) is 4.79 Å². The summed E-state index contributed by atoms with van der Waals surface area (Å²) in [7, 11) is -7.55. The number of ether oxygens (including phenoxy) is 1. The van der Waals surface area contributed by atoms with Gasteiger partial charge in [0.2, 0.25) is 36.8 Å². The Kier molecular flexibility index (Phi) is 9.70. The molecule has 14 nitrogen and oxygen atoms in total. The monoisotopic (exact) mass is 718 g/mol. The van der Waals surface area contributed by atoms with Crippen LogP contribution in [0.15, 0.2) is 71.1 Å². The van der Waals surface area contributed by atoms with Crippen molar-refractivity contribution in [3.63, 3.8) is 0 Å². The van der Waals surface area contributed by atoms with Crippen molar-refractivity contribution < 1.29 is 26.4 Å². The van der Waals surface area contributed by atoms with Crippen LogP contribution in [0.25, 0.3) is 11.0 Å². The first kappa shape index (κ1) is 35.0. The number of benzene rings is 2. The van der Waals surface area contributed by atoms with Crippen LogP contribution in [0.2, 0.25) is 0 Å². The zero-order valence-electron chi connectivity index (χ0n) is 28.4. The van der Waals surface area contributed by atoms with Gasteiger partial charge in [0.05, 0.1) is 30.1 Å². The minimum Gasteiger partial charge on any atom is -0.472 e. The van der Waals surface area contributed by atoms with Crippen molar-refractivity contribution in [3.05, 3.63) is 88.9 Å². The molecule has 0 fully saturated rings. The molecule has 3 aromatic heterocycles. The molecule has 16 heteroatoms. The lowest BCUT2D eigenvalue weighted by Gasteiger charge is -2.25. The minimum atomic E-state index is -3.95. The Bertz CT molecular complexity index is 2290. The first-order valence-electron chi connectivity index (χ1n) is 16.2. The van der Waals surface area contributed by atoms with E-state index in [1.54, 1.807) is 10.7 Å². The number of hydrogen-bond acceptors (Lipinski definition) is 11. The zero-order valence-corrected chi connectivity index (χ0v) is 30.0. The number of carbonyl (C=O) groups is 1. The van der Waals surface area contributed by atoms with Crippen molar-refractivity contribution in [2.45, 2.75) is 75.7 Å². The van der Waals surface area contributed by atoms with E-state index < -0.39 is 25.8 Å². The maximum absolute atomic E-state index is 13.9. The van der Waals surface area contributed by atoms with Crippen LogP contribution in [-0.4, -0.2) is 75.9 Å². The van der Waals surface area contributed by atoms with Crippen LogP contribution < -0.4 is 10.1 Å². The van der Waals surface area contributed by atoms with E-state index in [9.17, 15) is 21.6 Å². The third-order valence-corrected chi connectivity index (χ3v) is 11.6. The SMILES string of the molecule is CC[C@@H]1CN(Cc2cc([C@H](CC(=O)Nc3cnc(S(C)(=O)=O)nc3)c3ccc4c(nnn4CC)c3C)ccc2C)S(=O)(=O)c2cccnc2O1. The highest BCUT2D eigenvalue weighted by atomic mass is 32.2. The number of hydrogen-bond donors (Lipinski definition) is 1. The number of sulfonamides is 1. The Hall–Kier alpha value is -4.80. The van der Waals surface area contributed by atoms with Crippen LogP contribution in [0.3, 0.4) is 0 Å². The predicted molar refractivity (Wildman–Crippen MR) is 186 cm³/mol.